The third kappa shape index (κ3) is 4.59. The van der Waals surface area contributed by atoms with Gasteiger partial charge in [0.1, 0.15) is 0 Å². The van der Waals surface area contributed by atoms with Gasteiger partial charge in [0.25, 0.3) is 0 Å². The van der Waals surface area contributed by atoms with E-state index in [1.165, 1.54) is 0 Å². The van der Waals surface area contributed by atoms with Crippen LogP contribution in [0.5, 0.6) is 0 Å². The van der Waals surface area contributed by atoms with Gasteiger partial charge in [-0.05, 0) is 37.5 Å². The molecule has 3 unspecified atom stereocenters. The van der Waals surface area contributed by atoms with Crippen molar-refractivity contribution >= 4 is 0 Å². The fourth-order valence-electron chi connectivity index (χ4n) is 2.65. The van der Waals surface area contributed by atoms with Crippen LogP contribution >= 0.6 is 0 Å². The third-order valence-corrected chi connectivity index (χ3v) is 3.95. The first kappa shape index (κ1) is 15.5. The van der Waals surface area contributed by atoms with Gasteiger partial charge in [-0.1, -0.05) is 20.8 Å². The number of nitrogens with zero attached hydrogens (tertiary/aromatic N) is 1. The van der Waals surface area contributed by atoms with Crippen LogP contribution in [-0.2, 0) is 9.47 Å². The Bertz CT molecular complexity index is 277. The zero-order valence-electron chi connectivity index (χ0n) is 12.2. The van der Waals surface area contributed by atoms with Gasteiger partial charge in [-0.15, -0.1) is 0 Å². The Hall–Kier alpha value is -0.590. The molecule has 1 saturated carbocycles. The molecule has 0 aromatic carbocycles. The standard InChI is InChI=1S/C15H27NO2/c1-5-17-8-9-18-14-10-13(15(2,3)4)7-6-12(14)11-16/h12-14H,5-10H2,1-4H3. The summed E-state index contributed by atoms with van der Waals surface area (Å²) < 4.78 is 11.1. The second-order valence-corrected chi connectivity index (χ2v) is 6.22. The van der Waals surface area contributed by atoms with Crippen molar-refractivity contribution in [2.45, 2.75) is 53.1 Å². The molecule has 3 nitrogen and oxygen atoms in total. The van der Waals surface area contributed by atoms with Crippen molar-refractivity contribution in [3.05, 3.63) is 0 Å². The monoisotopic (exact) mass is 253 g/mol. The van der Waals surface area contributed by atoms with Crippen LogP contribution < -0.4 is 0 Å². The maximum absolute atomic E-state index is 9.19. The number of nitriles is 1. The number of rotatable bonds is 5. The van der Waals surface area contributed by atoms with Crippen molar-refractivity contribution in [1.29, 1.82) is 5.26 Å². The molecule has 0 aromatic heterocycles. The van der Waals surface area contributed by atoms with Gasteiger partial charge >= 0.3 is 0 Å². The zero-order valence-corrected chi connectivity index (χ0v) is 12.2. The predicted molar refractivity (Wildman–Crippen MR) is 72.1 cm³/mol. The lowest BCUT2D eigenvalue weighted by Crippen LogP contribution is -2.36. The maximum Gasteiger partial charge on any atom is 0.0737 e. The molecule has 3 heteroatoms. The maximum atomic E-state index is 9.19. The van der Waals surface area contributed by atoms with E-state index < -0.39 is 0 Å². The third-order valence-electron chi connectivity index (χ3n) is 3.95. The second kappa shape index (κ2) is 7.11. The van der Waals surface area contributed by atoms with Gasteiger partial charge in [0.2, 0.25) is 0 Å². The molecule has 0 radical (unpaired) electrons. The highest BCUT2D eigenvalue weighted by Gasteiger charge is 2.36. The molecule has 104 valence electrons. The topological polar surface area (TPSA) is 42.2 Å². The van der Waals surface area contributed by atoms with Crippen LogP contribution in [0.4, 0.5) is 0 Å². The Labute approximate surface area is 111 Å². The molecule has 1 fully saturated rings. The zero-order chi connectivity index (χ0) is 13.6. The molecule has 18 heavy (non-hydrogen) atoms. The minimum Gasteiger partial charge on any atom is -0.379 e. The van der Waals surface area contributed by atoms with Gasteiger partial charge in [0.05, 0.1) is 31.3 Å². The van der Waals surface area contributed by atoms with Crippen LogP contribution in [0.2, 0.25) is 0 Å². The predicted octanol–water partition coefficient (Wildman–Crippen LogP) is 3.39. The van der Waals surface area contributed by atoms with Gasteiger partial charge in [-0.3, -0.25) is 0 Å². The molecule has 1 aliphatic rings. The minimum atomic E-state index is 0.0604. The average molecular weight is 253 g/mol. The van der Waals surface area contributed by atoms with Crippen molar-refractivity contribution in [3.8, 4) is 6.07 Å². The van der Waals surface area contributed by atoms with E-state index in [1.54, 1.807) is 0 Å². The Morgan fingerprint density at radius 2 is 1.94 bits per heavy atom. The second-order valence-electron chi connectivity index (χ2n) is 6.22. The molecule has 0 heterocycles. The van der Waals surface area contributed by atoms with E-state index in [2.05, 4.69) is 26.8 Å². The van der Waals surface area contributed by atoms with E-state index >= 15 is 0 Å². The normalized spacial score (nSPS) is 28.9. The summed E-state index contributed by atoms with van der Waals surface area (Å²) in [4.78, 5) is 0. The summed E-state index contributed by atoms with van der Waals surface area (Å²) in [7, 11) is 0. The Morgan fingerprint density at radius 3 is 2.50 bits per heavy atom. The molecule has 0 saturated heterocycles. The molecular formula is C15H27NO2. The van der Waals surface area contributed by atoms with E-state index in [4.69, 9.17) is 9.47 Å². The lowest BCUT2D eigenvalue weighted by Gasteiger charge is -2.39. The van der Waals surface area contributed by atoms with Gasteiger partial charge in [-0.25, -0.2) is 0 Å². The van der Waals surface area contributed by atoms with Crippen molar-refractivity contribution in [2.75, 3.05) is 19.8 Å². The quantitative estimate of drug-likeness (QED) is 0.705. The van der Waals surface area contributed by atoms with E-state index in [-0.39, 0.29) is 12.0 Å². The number of hydrogen-bond acceptors (Lipinski definition) is 3. The van der Waals surface area contributed by atoms with Crippen molar-refractivity contribution in [1.82, 2.24) is 0 Å². The summed E-state index contributed by atoms with van der Waals surface area (Å²) in [5.74, 6) is 0.712. The number of hydrogen-bond donors (Lipinski definition) is 0. The molecule has 3 atom stereocenters. The number of ether oxygens (including phenoxy) is 2. The van der Waals surface area contributed by atoms with Crippen LogP contribution in [0.1, 0.15) is 47.0 Å². The summed E-state index contributed by atoms with van der Waals surface area (Å²) in [5, 5.41) is 9.19. The van der Waals surface area contributed by atoms with E-state index in [0.29, 0.717) is 24.5 Å². The van der Waals surface area contributed by atoms with Crippen molar-refractivity contribution in [3.63, 3.8) is 0 Å². The van der Waals surface area contributed by atoms with Crippen molar-refractivity contribution < 1.29 is 9.47 Å². The van der Waals surface area contributed by atoms with Gasteiger partial charge in [-0.2, -0.15) is 5.26 Å². The summed E-state index contributed by atoms with van der Waals surface area (Å²) in [6.45, 7) is 10.8. The largest absolute Gasteiger partial charge is 0.379 e. The van der Waals surface area contributed by atoms with E-state index in [0.717, 1.165) is 25.9 Å². The SMILES string of the molecule is CCOCCOC1CC(C(C)(C)C)CCC1C#N. The summed E-state index contributed by atoms with van der Waals surface area (Å²) in [6.07, 6.45) is 3.21. The Morgan fingerprint density at radius 1 is 1.22 bits per heavy atom. The Balaban J connectivity index is 2.47. The smallest absolute Gasteiger partial charge is 0.0737 e. The van der Waals surface area contributed by atoms with Crippen LogP contribution in [-0.4, -0.2) is 25.9 Å². The highest BCUT2D eigenvalue weighted by Crippen LogP contribution is 2.40. The van der Waals surface area contributed by atoms with Crippen LogP contribution in [0, 0.1) is 28.6 Å². The van der Waals surface area contributed by atoms with Gasteiger partial charge in [0, 0.05) is 6.61 Å². The lowest BCUT2D eigenvalue weighted by atomic mass is 9.69. The average Bonchev–Trinajstić information content (AvgIpc) is 2.33. The lowest BCUT2D eigenvalue weighted by molar-refractivity contribution is -0.0476. The molecule has 0 spiro atoms. The fraction of sp³-hybridized carbons (Fsp3) is 0.933. The summed E-state index contributed by atoms with van der Waals surface area (Å²) in [6, 6.07) is 2.40. The van der Waals surface area contributed by atoms with Crippen LogP contribution in [0.15, 0.2) is 0 Å². The van der Waals surface area contributed by atoms with E-state index in [9.17, 15) is 5.26 Å². The van der Waals surface area contributed by atoms with Crippen LogP contribution in [0.25, 0.3) is 0 Å². The highest BCUT2D eigenvalue weighted by atomic mass is 16.5. The first-order chi connectivity index (χ1) is 8.49. The molecule has 0 N–H and O–H groups in total. The first-order valence-corrected chi connectivity index (χ1v) is 7.08. The van der Waals surface area contributed by atoms with Gasteiger partial charge < -0.3 is 9.47 Å². The molecule has 0 aliphatic heterocycles. The first-order valence-electron chi connectivity index (χ1n) is 7.08. The Kier molecular flexibility index (Phi) is 6.11. The summed E-state index contributed by atoms with van der Waals surface area (Å²) >= 11 is 0. The fourth-order valence-corrected chi connectivity index (χ4v) is 2.65. The van der Waals surface area contributed by atoms with Gasteiger partial charge in [0.15, 0.2) is 0 Å². The van der Waals surface area contributed by atoms with Crippen LogP contribution in [0.3, 0.4) is 0 Å². The van der Waals surface area contributed by atoms with Crippen molar-refractivity contribution in [2.24, 2.45) is 17.3 Å². The minimum absolute atomic E-state index is 0.0604. The highest BCUT2D eigenvalue weighted by molar-refractivity contribution is 4.95. The molecule has 0 amide bonds. The van der Waals surface area contributed by atoms with E-state index in [1.807, 2.05) is 6.92 Å². The molecule has 1 aliphatic carbocycles. The summed E-state index contributed by atoms with van der Waals surface area (Å²) in [5.41, 5.74) is 0.307. The molecule has 0 bridgehead atoms. The molecule has 1 rings (SSSR count). The molecule has 0 aromatic rings. The molecular weight excluding hydrogens is 226 g/mol.